The van der Waals surface area contributed by atoms with Gasteiger partial charge in [0.15, 0.2) is 0 Å². The normalized spacial score (nSPS) is 14.1. The second-order valence-corrected chi connectivity index (χ2v) is 5.31. The van der Waals surface area contributed by atoms with E-state index >= 15 is 0 Å². The quantitative estimate of drug-likeness (QED) is 0.693. The molecular formula is C13H16ClN3S. The van der Waals surface area contributed by atoms with Crippen LogP contribution in [0.15, 0.2) is 29.8 Å². The number of rotatable bonds is 3. The molecule has 1 saturated carbocycles. The van der Waals surface area contributed by atoms with Crippen molar-refractivity contribution in [3.05, 3.63) is 35.5 Å². The summed E-state index contributed by atoms with van der Waals surface area (Å²) in [5.41, 5.74) is 5.30. The Kier molecular flexibility index (Phi) is 3.90. The number of halogens is 1. The molecular weight excluding hydrogens is 266 g/mol. The first kappa shape index (κ1) is 13.3. The highest BCUT2D eigenvalue weighted by Gasteiger charge is 2.27. The van der Waals surface area contributed by atoms with E-state index < -0.39 is 0 Å². The first-order valence-corrected chi connectivity index (χ1v) is 6.68. The molecule has 1 heterocycles. The number of benzene rings is 1. The molecule has 1 aromatic carbocycles. The zero-order valence-corrected chi connectivity index (χ0v) is 11.8. The largest absolute Gasteiger partial charge is 0.308 e. The Morgan fingerprint density at radius 1 is 1.28 bits per heavy atom. The number of aryl methyl sites for hydroxylation is 1. The predicted molar refractivity (Wildman–Crippen MR) is 79.2 cm³/mol. The van der Waals surface area contributed by atoms with Gasteiger partial charge in [0.05, 0.1) is 21.8 Å². The SMILES string of the molecule is Cc1ncsc1-c1ccc(N(N)C2CC2)cc1.Cl. The molecule has 1 fully saturated rings. The lowest BCUT2D eigenvalue weighted by Gasteiger charge is -2.17. The van der Waals surface area contributed by atoms with Gasteiger partial charge in [-0.15, -0.1) is 23.7 Å². The maximum Gasteiger partial charge on any atom is 0.0801 e. The summed E-state index contributed by atoms with van der Waals surface area (Å²) in [7, 11) is 0. The maximum absolute atomic E-state index is 6.02. The lowest BCUT2D eigenvalue weighted by Crippen LogP contribution is -2.32. The summed E-state index contributed by atoms with van der Waals surface area (Å²) in [5, 5.41) is 1.88. The van der Waals surface area contributed by atoms with E-state index in [0.29, 0.717) is 6.04 Å². The van der Waals surface area contributed by atoms with E-state index in [9.17, 15) is 0 Å². The Labute approximate surface area is 117 Å². The van der Waals surface area contributed by atoms with E-state index in [-0.39, 0.29) is 12.4 Å². The van der Waals surface area contributed by atoms with Crippen molar-refractivity contribution in [1.82, 2.24) is 4.98 Å². The summed E-state index contributed by atoms with van der Waals surface area (Å²) < 4.78 is 0. The molecule has 0 aliphatic heterocycles. The van der Waals surface area contributed by atoms with Gasteiger partial charge in [-0.25, -0.2) is 10.8 Å². The summed E-state index contributed by atoms with van der Waals surface area (Å²) in [5.74, 6) is 6.02. The summed E-state index contributed by atoms with van der Waals surface area (Å²) in [6, 6.07) is 8.97. The number of nitrogens with two attached hydrogens (primary N) is 1. The first-order chi connectivity index (χ1) is 8.25. The third kappa shape index (κ3) is 2.51. The molecule has 1 aliphatic carbocycles. The van der Waals surface area contributed by atoms with Gasteiger partial charge in [-0.3, -0.25) is 0 Å². The summed E-state index contributed by atoms with van der Waals surface area (Å²) in [4.78, 5) is 5.51. The molecule has 3 nitrogen and oxygen atoms in total. The minimum atomic E-state index is 0. The Bertz CT molecular complexity index is 519. The van der Waals surface area contributed by atoms with Crippen molar-refractivity contribution in [2.24, 2.45) is 5.84 Å². The van der Waals surface area contributed by atoms with Gasteiger partial charge in [0, 0.05) is 6.04 Å². The summed E-state index contributed by atoms with van der Waals surface area (Å²) in [6.07, 6.45) is 2.43. The Balaban J connectivity index is 0.00000120. The van der Waals surface area contributed by atoms with Gasteiger partial charge in [0.2, 0.25) is 0 Å². The lowest BCUT2D eigenvalue weighted by atomic mass is 10.1. The highest BCUT2D eigenvalue weighted by Crippen LogP contribution is 2.32. The number of nitrogens with zero attached hydrogens (tertiary/aromatic N) is 2. The molecule has 2 N–H and O–H groups in total. The molecule has 0 bridgehead atoms. The number of hydrogen-bond acceptors (Lipinski definition) is 4. The Morgan fingerprint density at radius 2 is 1.94 bits per heavy atom. The molecule has 0 atom stereocenters. The van der Waals surface area contributed by atoms with Gasteiger partial charge < -0.3 is 5.01 Å². The Hall–Kier alpha value is -1.10. The van der Waals surface area contributed by atoms with Crippen molar-refractivity contribution in [3.8, 4) is 10.4 Å². The van der Waals surface area contributed by atoms with Crippen molar-refractivity contribution in [2.75, 3.05) is 5.01 Å². The molecule has 3 rings (SSSR count). The molecule has 2 aromatic rings. The van der Waals surface area contributed by atoms with Crippen molar-refractivity contribution in [1.29, 1.82) is 0 Å². The fourth-order valence-electron chi connectivity index (χ4n) is 1.93. The van der Waals surface area contributed by atoms with Gasteiger partial charge >= 0.3 is 0 Å². The molecule has 1 aromatic heterocycles. The van der Waals surface area contributed by atoms with Crippen LogP contribution in [0.25, 0.3) is 10.4 Å². The zero-order chi connectivity index (χ0) is 11.8. The van der Waals surface area contributed by atoms with Crippen LogP contribution < -0.4 is 10.9 Å². The van der Waals surface area contributed by atoms with Crippen LogP contribution in [-0.2, 0) is 0 Å². The topological polar surface area (TPSA) is 42.2 Å². The molecule has 1 aliphatic rings. The van der Waals surface area contributed by atoms with Crippen LogP contribution in [0.1, 0.15) is 18.5 Å². The zero-order valence-electron chi connectivity index (χ0n) is 10.2. The predicted octanol–water partition coefficient (Wildman–Crippen LogP) is 3.38. The highest BCUT2D eigenvalue weighted by molar-refractivity contribution is 7.13. The first-order valence-electron chi connectivity index (χ1n) is 5.80. The monoisotopic (exact) mass is 281 g/mol. The van der Waals surface area contributed by atoms with E-state index in [1.165, 1.54) is 23.3 Å². The van der Waals surface area contributed by atoms with Gasteiger partial charge in [-0.1, -0.05) is 12.1 Å². The average molecular weight is 282 g/mol. The lowest BCUT2D eigenvalue weighted by molar-refractivity contribution is 0.847. The number of thiazole rings is 1. The molecule has 96 valence electrons. The minimum absolute atomic E-state index is 0. The van der Waals surface area contributed by atoms with Crippen LogP contribution in [0.4, 0.5) is 5.69 Å². The molecule has 0 saturated heterocycles. The van der Waals surface area contributed by atoms with E-state index in [1.54, 1.807) is 11.3 Å². The Morgan fingerprint density at radius 3 is 2.44 bits per heavy atom. The standard InChI is InChI=1S/C13H15N3S.ClH/c1-9-13(17-8-15-9)10-2-4-11(5-3-10)16(14)12-6-7-12;/h2-5,8,12H,6-7,14H2,1H3;1H. The number of hydrogen-bond donors (Lipinski definition) is 1. The van der Waals surface area contributed by atoms with Crippen molar-refractivity contribution in [2.45, 2.75) is 25.8 Å². The van der Waals surface area contributed by atoms with E-state index in [0.717, 1.165) is 11.4 Å². The fraction of sp³-hybridized carbons (Fsp3) is 0.308. The minimum Gasteiger partial charge on any atom is -0.308 e. The summed E-state index contributed by atoms with van der Waals surface area (Å²) in [6.45, 7) is 2.04. The number of aromatic nitrogens is 1. The van der Waals surface area contributed by atoms with Crippen LogP contribution in [0.5, 0.6) is 0 Å². The molecule has 5 heteroatoms. The van der Waals surface area contributed by atoms with Crippen molar-refractivity contribution >= 4 is 29.4 Å². The highest BCUT2D eigenvalue weighted by atomic mass is 35.5. The van der Waals surface area contributed by atoms with E-state index in [1.807, 2.05) is 17.4 Å². The van der Waals surface area contributed by atoms with Crippen molar-refractivity contribution in [3.63, 3.8) is 0 Å². The van der Waals surface area contributed by atoms with Gasteiger partial charge in [0.25, 0.3) is 0 Å². The van der Waals surface area contributed by atoms with Gasteiger partial charge in [-0.2, -0.15) is 0 Å². The van der Waals surface area contributed by atoms with E-state index in [4.69, 9.17) is 5.84 Å². The summed E-state index contributed by atoms with van der Waals surface area (Å²) >= 11 is 1.68. The van der Waals surface area contributed by atoms with Crippen molar-refractivity contribution < 1.29 is 0 Å². The number of anilines is 1. The van der Waals surface area contributed by atoms with Crippen LogP contribution >= 0.6 is 23.7 Å². The molecule has 18 heavy (non-hydrogen) atoms. The van der Waals surface area contributed by atoms with Crippen LogP contribution in [0.2, 0.25) is 0 Å². The molecule has 0 spiro atoms. The molecule has 0 unspecified atom stereocenters. The second kappa shape index (κ2) is 5.26. The van der Waals surface area contributed by atoms with E-state index in [2.05, 4.69) is 29.2 Å². The maximum atomic E-state index is 6.02. The molecule has 0 radical (unpaired) electrons. The second-order valence-electron chi connectivity index (χ2n) is 4.45. The average Bonchev–Trinajstić information content (AvgIpc) is 3.12. The van der Waals surface area contributed by atoms with Crippen LogP contribution in [0, 0.1) is 6.92 Å². The third-order valence-corrected chi connectivity index (χ3v) is 4.09. The number of hydrazine groups is 1. The molecule has 0 amide bonds. The van der Waals surface area contributed by atoms with Crippen LogP contribution in [0.3, 0.4) is 0 Å². The smallest absolute Gasteiger partial charge is 0.0801 e. The van der Waals surface area contributed by atoms with Crippen LogP contribution in [-0.4, -0.2) is 11.0 Å². The van der Waals surface area contributed by atoms with Gasteiger partial charge in [0.1, 0.15) is 0 Å². The van der Waals surface area contributed by atoms with Gasteiger partial charge in [-0.05, 0) is 37.5 Å². The fourth-order valence-corrected chi connectivity index (χ4v) is 2.74. The third-order valence-electron chi connectivity index (χ3n) is 3.11.